The van der Waals surface area contributed by atoms with Crippen molar-refractivity contribution in [2.24, 2.45) is 11.3 Å². The van der Waals surface area contributed by atoms with Gasteiger partial charge in [-0.15, -0.1) is 0 Å². The van der Waals surface area contributed by atoms with Crippen molar-refractivity contribution in [3.05, 3.63) is 0 Å². The van der Waals surface area contributed by atoms with Gasteiger partial charge in [-0.3, -0.25) is 4.90 Å². The van der Waals surface area contributed by atoms with Gasteiger partial charge < -0.3 is 19.9 Å². The van der Waals surface area contributed by atoms with Gasteiger partial charge in [-0.1, -0.05) is 6.92 Å². The van der Waals surface area contributed by atoms with Crippen molar-refractivity contribution in [3.63, 3.8) is 0 Å². The SMILES string of the molecule is COCCOC1CC(CO)CN(CC2(C)CCNC2)C1. The molecule has 0 radical (unpaired) electrons. The third kappa shape index (κ3) is 4.67. The van der Waals surface area contributed by atoms with Crippen LogP contribution in [0, 0.1) is 11.3 Å². The van der Waals surface area contributed by atoms with E-state index in [1.165, 1.54) is 6.42 Å². The highest BCUT2D eigenvalue weighted by Gasteiger charge is 2.34. The predicted octanol–water partition coefficient (Wildman–Crippen LogP) is 0.332. The van der Waals surface area contributed by atoms with Crippen molar-refractivity contribution >= 4 is 0 Å². The standard InChI is InChI=1S/C15H30N2O3/c1-15(3-4-16-11-15)12-17-8-13(10-18)7-14(9-17)20-6-5-19-2/h13-14,16,18H,3-12H2,1-2H3. The Morgan fingerprint density at radius 2 is 2.20 bits per heavy atom. The van der Waals surface area contributed by atoms with Crippen molar-refractivity contribution < 1.29 is 14.6 Å². The molecular formula is C15H30N2O3. The number of nitrogens with zero attached hydrogens (tertiary/aromatic N) is 1. The summed E-state index contributed by atoms with van der Waals surface area (Å²) < 4.78 is 10.9. The quantitative estimate of drug-likeness (QED) is 0.661. The Kier molecular flexibility index (Phi) is 6.23. The highest BCUT2D eigenvalue weighted by Crippen LogP contribution is 2.28. The molecule has 2 N–H and O–H groups in total. The minimum Gasteiger partial charge on any atom is -0.396 e. The molecule has 2 rings (SSSR count). The number of aliphatic hydroxyl groups is 1. The molecule has 0 amide bonds. The predicted molar refractivity (Wildman–Crippen MR) is 78.8 cm³/mol. The van der Waals surface area contributed by atoms with Crippen LogP contribution in [0.2, 0.25) is 0 Å². The number of aliphatic hydroxyl groups excluding tert-OH is 1. The Morgan fingerprint density at radius 3 is 2.85 bits per heavy atom. The summed E-state index contributed by atoms with van der Waals surface area (Å²) in [5.74, 6) is 0.342. The molecule has 5 heteroatoms. The molecule has 0 aromatic carbocycles. The summed E-state index contributed by atoms with van der Waals surface area (Å²) in [5.41, 5.74) is 0.369. The Labute approximate surface area is 122 Å². The molecule has 0 spiro atoms. The Morgan fingerprint density at radius 1 is 1.35 bits per heavy atom. The molecule has 0 aromatic heterocycles. The number of hydrogen-bond acceptors (Lipinski definition) is 5. The molecule has 2 aliphatic rings. The number of ether oxygens (including phenoxy) is 2. The van der Waals surface area contributed by atoms with Crippen LogP contribution in [0.5, 0.6) is 0 Å². The average molecular weight is 286 g/mol. The fourth-order valence-electron chi connectivity index (χ4n) is 3.47. The largest absolute Gasteiger partial charge is 0.396 e. The third-order valence-corrected chi connectivity index (χ3v) is 4.54. The molecule has 3 atom stereocenters. The second-order valence-electron chi connectivity index (χ2n) is 6.70. The Hall–Kier alpha value is -0.200. The number of piperidine rings is 1. The van der Waals surface area contributed by atoms with Gasteiger partial charge in [0.1, 0.15) is 0 Å². The number of hydrogen-bond donors (Lipinski definition) is 2. The van der Waals surface area contributed by atoms with E-state index < -0.39 is 0 Å². The summed E-state index contributed by atoms with van der Waals surface area (Å²) >= 11 is 0. The maximum atomic E-state index is 9.50. The minimum atomic E-state index is 0.231. The Bertz CT molecular complexity index is 282. The summed E-state index contributed by atoms with van der Waals surface area (Å²) in [4.78, 5) is 2.48. The molecule has 0 saturated carbocycles. The molecular weight excluding hydrogens is 256 g/mol. The molecule has 2 fully saturated rings. The van der Waals surface area contributed by atoms with E-state index in [1.807, 2.05) is 0 Å². The molecule has 0 bridgehead atoms. The lowest BCUT2D eigenvalue weighted by molar-refractivity contribution is -0.0499. The monoisotopic (exact) mass is 286 g/mol. The Balaban J connectivity index is 1.84. The van der Waals surface area contributed by atoms with E-state index in [-0.39, 0.29) is 12.7 Å². The van der Waals surface area contributed by atoms with Gasteiger partial charge >= 0.3 is 0 Å². The van der Waals surface area contributed by atoms with Crippen LogP contribution in [0.1, 0.15) is 19.8 Å². The number of rotatable bonds is 7. The van der Waals surface area contributed by atoms with E-state index in [0.29, 0.717) is 24.5 Å². The summed E-state index contributed by atoms with van der Waals surface area (Å²) in [5, 5.41) is 13.0. The van der Waals surface area contributed by atoms with Gasteiger partial charge in [0.25, 0.3) is 0 Å². The average Bonchev–Trinajstić information content (AvgIpc) is 2.85. The summed E-state index contributed by atoms with van der Waals surface area (Å²) in [6.45, 7) is 9.20. The van der Waals surface area contributed by atoms with Crippen LogP contribution in [-0.2, 0) is 9.47 Å². The maximum Gasteiger partial charge on any atom is 0.0707 e. The van der Waals surface area contributed by atoms with E-state index in [2.05, 4.69) is 17.1 Å². The van der Waals surface area contributed by atoms with Crippen LogP contribution >= 0.6 is 0 Å². The van der Waals surface area contributed by atoms with Crippen molar-refractivity contribution in [1.29, 1.82) is 0 Å². The number of methoxy groups -OCH3 is 1. The summed E-state index contributed by atoms with van der Waals surface area (Å²) in [6.07, 6.45) is 2.43. The lowest BCUT2D eigenvalue weighted by Gasteiger charge is -2.40. The fraction of sp³-hybridized carbons (Fsp3) is 1.00. The van der Waals surface area contributed by atoms with E-state index in [0.717, 1.165) is 39.1 Å². The fourth-order valence-corrected chi connectivity index (χ4v) is 3.47. The van der Waals surface area contributed by atoms with E-state index in [9.17, 15) is 5.11 Å². The third-order valence-electron chi connectivity index (χ3n) is 4.54. The molecule has 2 heterocycles. The van der Waals surface area contributed by atoms with E-state index >= 15 is 0 Å². The molecule has 20 heavy (non-hydrogen) atoms. The maximum absolute atomic E-state index is 9.50. The summed E-state index contributed by atoms with van der Waals surface area (Å²) in [6, 6.07) is 0. The molecule has 3 unspecified atom stereocenters. The number of likely N-dealkylation sites (tertiary alicyclic amines) is 1. The van der Waals surface area contributed by atoms with E-state index in [4.69, 9.17) is 9.47 Å². The molecule has 118 valence electrons. The molecule has 2 aliphatic heterocycles. The summed E-state index contributed by atoms with van der Waals surface area (Å²) in [7, 11) is 1.70. The molecule has 0 aromatic rings. The van der Waals surface area contributed by atoms with Crippen molar-refractivity contribution in [1.82, 2.24) is 10.2 Å². The molecule has 2 saturated heterocycles. The highest BCUT2D eigenvalue weighted by atomic mass is 16.5. The minimum absolute atomic E-state index is 0.231. The lowest BCUT2D eigenvalue weighted by Crippen LogP contribution is -2.49. The second-order valence-corrected chi connectivity index (χ2v) is 6.70. The number of nitrogens with one attached hydrogen (secondary N) is 1. The van der Waals surface area contributed by atoms with Gasteiger partial charge in [0.15, 0.2) is 0 Å². The van der Waals surface area contributed by atoms with Crippen LogP contribution in [-0.4, -0.2) is 75.8 Å². The first-order valence-electron chi connectivity index (χ1n) is 7.80. The van der Waals surface area contributed by atoms with Crippen LogP contribution in [0.4, 0.5) is 0 Å². The first-order valence-corrected chi connectivity index (χ1v) is 7.80. The van der Waals surface area contributed by atoms with Gasteiger partial charge in [-0.25, -0.2) is 0 Å². The lowest BCUT2D eigenvalue weighted by atomic mass is 9.87. The van der Waals surface area contributed by atoms with Crippen molar-refractivity contribution in [2.45, 2.75) is 25.9 Å². The van der Waals surface area contributed by atoms with Gasteiger partial charge in [-0.05, 0) is 30.7 Å². The van der Waals surface area contributed by atoms with Crippen LogP contribution in [0.3, 0.4) is 0 Å². The van der Waals surface area contributed by atoms with Crippen LogP contribution < -0.4 is 5.32 Å². The van der Waals surface area contributed by atoms with Crippen molar-refractivity contribution in [3.8, 4) is 0 Å². The van der Waals surface area contributed by atoms with Crippen LogP contribution in [0.25, 0.3) is 0 Å². The topological polar surface area (TPSA) is 54.0 Å². The van der Waals surface area contributed by atoms with Gasteiger partial charge in [-0.2, -0.15) is 0 Å². The zero-order chi connectivity index (χ0) is 14.4. The second kappa shape index (κ2) is 7.71. The zero-order valence-electron chi connectivity index (χ0n) is 12.9. The smallest absolute Gasteiger partial charge is 0.0707 e. The van der Waals surface area contributed by atoms with Crippen LogP contribution in [0.15, 0.2) is 0 Å². The molecule has 5 nitrogen and oxygen atoms in total. The van der Waals surface area contributed by atoms with E-state index in [1.54, 1.807) is 7.11 Å². The first-order chi connectivity index (χ1) is 9.65. The highest BCUT2D eigenvalue weighted by molar-refractivity contribution is 4.89. The van der Waals surface area contributed by atoms with Crippen molar-refractivity contribution in [2.75, 3.05) is 59.7 Å². The van der Waals surface area contributed by atoms with Gasteiger partial charge in [0.2, 0.25) is 0 Å². The molecule has 0 aliphatic carbocycles. The van der Waals surface area contributed by atoms with Gasteiger partial charge in [0, 0.05) is 39.9 Å². The first kappa shape index (κ1) is 16.2. The van der Waals surface area contributed by atoms with Gasteiger partial charge in [0.05, 0.1) is 19.3 Å². The normalized spacial score (nSPS) is 35.5. The zero-order valence-corrected chi connectivity index (χ0v) is 12.9.